The summed E-state index contributed by atoms with van der Waals surface area (Å²) in [6.45, 7) is 5.72. The molecule has 0 spiro atoms. The third-order valence-corrected chi connectivity index (χ3v) is 4.31. The van der Waals surface area contributed by atoms with E-state index in [1.54, 1.807) is 23.9 Å². The molecule has 2 N–H and O–H groups in total. The van der Waals surface area contributed by atoms with Gasteiger partial charge in [0.15, 0.2) is 0 Å². The average molecular weight is 293 g/mol. The molecule has 1 aliphatic rings. The van der Waals surface area contributed by atoms with Crippen molar-refractivity contribution in [2.24, 2.45) is 5.92 Å². The van der Waals surface area contributed by atoms with Crippen LogP contribution in [0.5, 0.6) is 0 Å². The zero-order valence-corrected chi connectivity index (χ0v) is 13.1. The first-order valence-corrected chi connectivity index (χ1v) is 7.80. The van der Waals surface area contributed by atoms with Gasteiger partial charge >= 0.3 is 0 Å². The van der Waals surface area contributed by atoms with Crippen molar-refractivity contribution < 1.29 is 4.74 Å². The predicted molar refractivity (Wildman–Crippen MR) is 85.4 cm³/mol. The second-order valence-electron chi connectivity index (χ2n) is 5.95. The van der Waals surface area contributed by atoms with Crippen LogP contribution in [0.4, 0.5) is 5.69 Å². The van der Waals surface area contributed by atoms with E-state index < -0.39 is 0 Å². The van der Waals surface area contributed by atoms with Crippen LogP contribution in [0.3, 0.4) is 0 Å². The van der Waals surface area contributed by atoms with Gasteiger partial charge in [0, 0.05) is 50.7 Å². The number of ether oxygens (including phenoxy) is 1. The first-order chi connectivity index (χ1) is 10.1. The van der Waals surface area contributed by atoms with Crippen molar-refractivity contribution in [1.29, 1.82) is 0 Å². The smallest absolute Gasteiger partial charge is 0.250 e. The number of hydrogen-bond acceptors (Lipinski definition) is 4. The lowest BCUT2D eigenvalue weighted by Crippen LogP contribution is -2.38. The number of methoxy groups -OCH3 is 1. The van der Waals surface area contributed by atoms with E-state index in [9.17, 15) is 4.79 Å². The monoisotopic (exact) mass is 293 g/mol. The lowest BCUT2D eigenvalue weighted by molar-refractivity contribution is 0.115. The molecule has 21 heavy (non-hydrogen) atoms. The SMILES string of the molecule is COCCN(CCCn1cc(N)ccc1=O)C(C)C1CC1. The summed E-state index contributed by atoms with van der Waals surface area (Å²) in [5, 5.41) is 0. The fourth-order valence-corrected chi connectivity index (χ4v) is 2.77. The number of nitrogens with two attached hydrogens (primary N) is 1. The summed E-state index contributed by atoms with van der Waals surface area (Å²) >= 11 is 0. The van der Waals surface area contributed by atoms with Crippen molar-refractivity contribution in [2.75, 3.05) is 32.5 Å². The van der Waals surface area contributed by atoms with Crippen molar-refractivity contribution in [3.05, 3.63) is 28.7 Å². The number of nitrogens with zero attached hydrogens (tertiary/aromatic N) is 2. The molecule has 118 valence electrons. The third-order valence-electron chi connectivity index (χ3n) is 4.31. The molecule has 1 fully saturated rings. The van der Waals surface area contributed by atoms with Gasteiger partial charge in [0.25, 0.3) is 5.56 Å². The van der Waals surface area contributed by atoms with Gasteiger partial charge in [-0.25, -0.2) is 0 Å². The van der Waals surface area contributed by atoms with E-state index in [0.29, 0.717) is 18.3 Å². The molecule has 1 heterocycles. The fourth-order valence-electron chi connectivity index (χ4n) is 2.77. The maximum atomic E-state index is 11.7. The van der Waals surface area contributed by atoms with Crippen molar-refractivity contribution in [3.8, 4) is 0 Å². The van der Waals surface area contributed by atoms with Crippen LogP contribution < -0.4 is 11.3 Å². The standard InChI is InChI=1S/C16H27N3O2/c1-13(14-4-5-14)18(10-11-21-2)8-3-9-19-12-15(17)6-7-16(19)20/h6-7,12-14H,3-5,8-11,17H2,1-2H3. The summed E-state index contributed by atoms with van der Waals surface area (Å²) in [5.41, 5.74) is 6.39. The molecule has 0 radical (unpaired) electrons. The Kier molecular flexibility index (Phi) is 5.82. The Morgan fingerprint density at radius 1 is 1.43 bits per heavy atom. The van der Waals surface area contributed by atoms with Crippen LogP contribution in [0.2, 0.25) is 0 Å². The Hall–Kier alpha value is -1.33. The molecule has 0 saturated heterocycles. The van der Waals surface area contributed by atoms with E-state index in [2.05, 4.69) is 11.8 Å². The first-order valence-electron chi connectivity index (χ1n) is 7.80. The molecule has 0 aromatic carbocycles. The highest BCUT2D eigenvalue weighted by molar-refractivity contribution is 5.33. The summed E-state index contributed by atoms with van der Waals surface area (Å²) < 4.78 is 6.91. The van der Waals surface area contributed by atoms with E-state index in [1.165, 1.54) is 18.9 Å². The number of anilines is 1. The van der Waals surface area contributed by atoms with E-state index in [0.717, 1.165) is 32.0 Å². The van der Waals surface area contributed by atoms with Crippen LogP contribution >= 0.6 is 0 Å². The van der Waals surface area contributed by atoms with Crippen molar-refractivity contribution in [1.82, 2.24) is 9.47 Å². The quantitative estimate of drug-likeness (QED) is 0.751. The zero-order valence-electron chi connectivity index (χ0n) is 13.1. The lowest BCUT2D eigenvalue weighted by atomic mass is 10.1. The van der Waals surface area contributed by atoms with Crippen LogP contribution in [0.1, 0.15) is 26.2 Å². The molecule has 0 aliphatic heterocycles. The molecule has 1 unspecified atom stereocenters. The highest BCUT2D eigenvalue weighted by Crippen LogP contribution is 2.35. The molecular formula is C16H27N3O2. The Morgan fingerprint density at radius 2 is 2.19 bits per heavy atom. The molecule has 1 aromatic rings. The summed E-state index contributed by atoms with van der Waals surface area (Å²) in [7, 11) is 1.74. The lowest BCUT2D eigenvalue weighted by Gasteiger charge is -2.29. The van der Waals surface area contributed by atoms with Crippen molar-refractivity contribution in [3.63, 3.8) is 0 Å². The molecule has 5 heteroatoms. The first kappa shape index (κ1) is 16.0. The van der Waals surface area contributed by atoms with Gasteiger partial charge in [0.2, 0.25) is 0 Å². The van der Waals surface area contributed by atoms with Crippen molar-refractivity contribution >= 4 is 5.69 Å². The zero-order chi connectivity index (χ0) is 15.2. The van der Waals surface area contributed by atoms with Crippen LogP contribution in [0.15, 0.2) is 23.1 Å². The predicted octanol–water partition coefficient (Wildman–Crippen LogP) is 1.57. The van der Waals surface area contributed by atoms with Gasteiger partial charge in [-0.1, -0.05) is 0 Å². The Balaban J connectivity index is 1.85. The number of rotatable bonds is 9. The summed E-state index contributed by atoms with van der Waals surface area (Å²) in [6, 6.07) is 3.79. The molecule has 2 rings (SSSR count). The van der Waals surface area contributed by atoms with Gasteiger partial charge < -0.3 is 15.0 Å². The molecule has 0 amide bonds. The highest BCUT2D eigenvalue weighted by Gasteiger charge is 2.31. The highest BCUT2D eigenvalue weighted by atomic mass is 16.5. The van der Waals surface area contributed by atoms with Crippen LogP contribution in [0, 0.1) is 5.92 Å². The average Bonchev–Trinajstić information content (AvgIpc) is 3.30. The number of pyridine rings is 1. The van der Waals surface area contributed by atoms with Crippen molar-refractivity contribution in [2.45, 2.75) is 38.8 Å². The Morgan fingerprint density at radius 3 is 2.86 bits per heavy atom. The third kappa shape index (κ3) is 4.86. The van der Waals surface area contributed by atoms with Crippen LogP contribution in [-0.4, -0.2) is 42.3 Å². The van der Waals surface area contributed by atoms with E-state index in [4.69, 9.17) is 10.5 Å². The van der Waals surface area contributed by atoms with Gasteiger partial charge in [-0.05, 0) is 38.2 Å². The molecular weight excluding hydrogens is 266 g/mol. The number of nitrogen functional groups attached to an aromatic ring is 1. The maximum Gasteiger partial charge on any atom is 0.250 e. The Labute approximate surface area is 126 Å². The van der Waals surface area contributed by atoms with Crippen LogP contribution in [0.25, 0.3) is 0 Å². The second-order valence-corrected chi connectivity index (χ2v) is 5.95. The maximum absolute atomic E-state index is 11.7. The van der Waals surface area contributed by atoms with E-state index in [-0.39, 0.29) is 5.56 Å². The van der Waals surface area contributed by atoms with Gasteiger partial charge in [0.05, 0.1) is 6.61 Å². The molecule has 1 aromatic heterocycles. The minimum absolute atomic E-state index is 0.0166. The summed E-state index contributed by atoms with van der Waals surface area (Å²) in [5.74, 6) is 0.844. The molecule has 0 bridgehead atoms. The van der Waals surface area contributed by atoms with Crippen LogP contribution in [-0.2, 0) is 11.3 Å². The fraction of sp³-hybridized carbons (Fsp3) is 0.688. The molecule has 1 atom stereocenters. The normalized spacial score (nSPS) is 16.3. The second kappa shape index (κ2) is 7.61. The minimum atomic E-state index is 0.0166. The largest absolute Gasteiger partial charge is 0.398 e. The van der Waals surface area contributed by atoms with Gasteiger partial charge in [-0.3, -0.25) is 9.69 Å². The van der Waals surface area contributed by atoms with E-state index >= 15 is 0 Å². The van der Waals surface area contributed by atoms with Gasteiger partial charge in [-0.15, -0.1) is 0 Å². The molecule has 1 aliphatic carbocycles. The Bertz CT molecular complexity index is 497. The minimum Gasteiger partial charge on any atom is -0.398 e. The number of aryl methyl sites for hydroxylation is 1. The molecule has 1 saturated carbocycles. The van der Waals surface area contributed by atoms with E-state index in [1.807, 2.05) is 0 Å². The topological polar surface area (TPSA) is 60.5 Å². The number of aromatic nitrogens is 1. The summed E-state index contributed by atoms with van der Waals surface area (Å²) in [4.78, 5) is 14.2. The molecule has 5 nitrogen and oxygen atoms in total. The summed E-state index contributed by atoms with van der Waals surface area (Å²) in [6.07, 6.45) is 5.37. The van der Waals surface area contributed by atoms with Gasteiger partial charge in [-0.2, -0.15) is 0 Å². The van der Waals surface area contributed by atoms with Gasteiger partial charge in [0.1, 0.15) is 0 Å². The number of hydrogen-bond donors (Lipinski definition) is 1.